The van der Waals surface area contributed by atoms with Gasteiger partial charge in [0.1, 0.15) is 6.04 Å². The third-order valence-corrected chi connectivity index (χ3v) is 2.58. The number of nitrogens with one attached hydrogen (secondary N) is 1. The molecule has 6 nitrogen and oxygen atoms in total. The van der Waals surface area contributed by atoms with Crippen molar-refractivity contribution in [2.24, 2.45) is 0 Å². The van der Waals surface area contributed by atoms with Gasteiger partial charge >= 0.3 is 12.0 Å². The van der Waals surface area contributed by atoms with E-state index in [-0.39, 0.29) is 13.0 Å². The molecule has 0 saturated heterocycles. The van der Waals surface area contributed by atoms with Gasteiger partial charge in [-0.2, -0.15) is 11.8 Å². The van der Waals surface area contributed by atoms with Crippen LogP contribution in [0.15, 0.2) is 0 Å². The Morgan fingerprint density at radius 1 is 1.50 bits per heavy atom. The van der Waals surface area contributed by atoms with Crippen LogP contribution < -0.4 is 5.32 Å². The van der Waals surface area contributed by atoms with Crippen molar-refractivity contribution in [1.82, 2.24) is 10.2 Å². The zero-order valence-electron chi connectivity index (χ0n) is 9.47. The number of hydrogen-bond acceptors (Lipinski definition) is 4. The second-order valence-electron chi connectivity index (χ2n) is 3.27. The fraction of sp³-hybridized carbons (Fsp3) is 0.778. The maximum Gasteiger partial charge on any atom is 0.326 e. The Labute approximate surface area is 99.0 Å². The van der Waals surface area contributed by atoms with Crippen LogP contribution in [0.2, 0.25) is 0 Å². The molecular weight excluding hydrogens is 232 g/mol. The number of aliphatic hydroxyl groups excluding tert-OH is 1. The number of aliphatic hydroxyl groups is 1. The van der Waals surface area contributed by atoms with E-state index in [2.05, 4.69) is 5.32 Å². The van der Waals surface area contributed by atoms with E-state index in [0.717, 1.165) is 5.75 Å². The number of thioether (sulfide) groups is 1. The van der Waals surface area contributed by atoms with Gasteiger partial charge in [-0.05, 0) is 6.26 Å². The highest BCUT2D eigenvalue weighted by Crippen LogP contribution is 1.97. The van der Waals surface area contributed by atoms with Crippen LogP contribution in [0.3, 0.4) is 0 Å². The first-order chi connectivity index (χ1) is 7.52. The first-order valence-corrected chi connectivity index (χ1v) is 6.26. The van der Waals surface area contributed by atoms with Crippen molar-refractivity contribution in [3.63, 3.8) is 0 Å². The molecule has 7 heteroatoms. The van der Waals surface area contributed by atoms with Crippen LogP contribution >= 0.6 is 11.8 Å². The molecule has 94 valence electrons. The summed E-state index contributed by atoms with van der Waals surface area (Å²) >= 11 is 1.60. The standard InChI is InChI=1S/C9H18N2O4S/c1-11(4-6-16-2)9(15)10-7(3-5-12)8(13)14/h7,12H,3-6H2,1-2H3,(H,10,15)(H,13,14)/t7-/m0/s1. The van der Waals surface area contributed by atoms with E-state index < -0.39 is 18.0 Å². The second kappa shape index (κ2) is 8.23. The van der Waals surface area contributed by atoms with Gasteiger partial charge < -0.3 is 20.4 Å². The van der Waals surface area contributed by atoms with E-state index >= 15 is 0 Å². The number of nitrogens with zero attached hydrogens (tertiary/aromatic N) is 1. The van der Waals surface area contributed by atoms with Crippen molar-refractivity contribution in [2.45, 2.75) is 12.5 Å². The molecule has 0 radical (unpaired) electrons. The molecule has 0 rings (SSSR count). The monoisotopic (exact) mass is 250 g/mol. The van der Waals surface area contributed by atoms with E-state index in [1.54, 1.807) is 18.8 Å². The Bertz CT molecular complexity index is 238. The number of aliphatic carboxylic acids is 1. The van der Waals surface area contributed by atoms with Crippen molar-refractivity contribution >= 4 is 23.8 Å². The number of hydrogen-bond donors (Lipinski definition) is 3. The molecule has 1 atom stereocenters. The summed E-state index contributed by atoms with van der Waals surface area (Å²) in [6, 6.07) is -1.47. The lowest BCUT2D eigenvalue weighted by Gasteiger charge is -2.20. The molecule has 0 aliphatic rings. The molecule has 0 aliphatic carbocycles. The van der Waals surface area contributed by atoms with E-state index in [4.69, 9.17) is 10.2 Å². The summed E-state index contributed by atoms with van der Waals surface area (Å²) < 4.78 is 0. The number of carboxylic acids is 1. The first-order valence-electron chi connectivity index (χ1n) is 4.87. The van der Waals surface area contributed by atoms with Crippen LogP contribution in [-0.2, 0) is 4.79 Å². The molecule has 0 fully saturated rings. The van der Waals surface area contributed by atoms with Gasteiger partial charge in [-0.15, -0.1) is 0 Å². The molecule has 0 aromatic heterocycles. The van der Waals surface area contributed by atoms with Gasteiger partial charge in [0.25, 0.3) is 0 Å². The summed E-state index contributed by atoms with van der Waals surface area (Å²) in [7, 11) is 1.60. The zero-order valence-corrected chi connectivity index (χ0v) is 10.3. The maximum absolute atomic E-state index is 11.5. The number of amides is 2. The molecule has 0 spiro atoms. The minimum Gasteiger partial charge on any atom is -0.480 e. The molecule has 0 aromatic carbocycles. The van der Waals surface area contributed by atoms with Crippen LogP contribution in [-0.4, -0.2) is 65.4 Å². The number of rotatable bonds is 7. The Balaban J connectivity index is 4.12. The summed E-state index contributed by atoms with van der Waals surface area (Å²) in [5.74, 6) is -0.345. The molecular formula is C9H18N2O4S. The fourth-order valence-corrected chi connectivity index (χ4v) is 1.43. The smallest absolute Gasteiger partial charge is 0.326 e. The first kappa shape index (κ1) is 15.0. The van der Waals surface area contributed by atoms with Gasteiger partial charge in [0, 0.05) is 32.4 Å². The summed E-state index contributed by atoms with van der Waals surface area (Å²) in [6.07, 6.45) is 1.94. The van der Waals surface area contributed by atoms with E-state index in [1.807, 2.05) is 6.26 Å². The van der Waals surface area contributed by atoms with Crippen molar-refractivity contribution in [2.75, 3.05) is 32.2 Å². The number of carbonyl (C=O) groups excluding carboxylic acids is 1. The van der Waals surface area contributed by atoms with E-state index in [9.17, 15) is 9.59 Å². The van der Waals surface area contributed by atoms with Gasteiger partial charge in [-0.25, -0.2) is 9.59 Å². The second-order valence-corrected chi connectivity index (χ2v) is 4.25. The topological polar surface area (TPSA) is 89.9 Å². The van der Waals surface area contributed by atoms with E-state index in [1.165, 1.54) is 4.90 Å². The van der Waals surface area contributed by atoms with Gasteiger partial charge in [0.05, 0.1) is 0 Å². The highest BCUT2D eigenvalue weighted by atomic mass is 32.2. The highest BCUT2D eigenvalue weighted by Gasteiger charge is 2.20. The van der Waals surface area contributed by atoms with Crippen molar-refractivity contribution in [1.29, 1.82) is 0 Å². The fourth-order valence-electron chi connectivity index (χ4n) is 0.975. The largest absolute Gasteiger partial charge is 0.480 e. The van der Waals surface area contributed by atoms with Gasteiger partial charge in [0.2, 0.25) is 0 Å². The van der Waals surface area contributed by atoms with Crippen LogP contribution in [0.1, 0.15) is 6.42 Å². The van der Waals surface area contributed by atoms with Crippen molar-refractivity contribution < 1.29 is 19.8 Å². The third-order valence-electron chi connectivity index (χ3n) is 1.99. The van der Waals surface area contributed by atoms with Gasteiger partial charge in [-0.1, -0.05) is 0 Å². The minimum atomic E-state index is -1.14. The number of carbonyl (C=O) groups is 2. The third kappa shape index (κ3) is 5.82. The summed E-state index contributed by atoms with van der Waals surface area (Å²) in [5, 5.41) is 19.8. The van der Waals surface area contributed by atoms with Crippen LogP contribution in [0.4, 0.5) is 4.79 Å². The van der Waals surface area contributed by atoms with E-state index in [0.29, 0.717) is 6.54 Å². The molecule has 16 heavy (non-hydrogen) atoms. The van der Waals surface area contributed by atoms with Crippen LogP contribution in [0, 0.1) is 0 Å². The Hall–Kier alpha value is -0.950. The zero-order chi connectivity index (χ0) is 12.6. The van der Waals surface area contributed by atoms with Crippen LogP contribution in [0.5, 0.6) is 0 Å². The van der Waals surface area contributed by atoms with Gasteiger partial charge in [0.15, 0.2) is 0 Å². The maximum atomic E-state index is 11.5. The number of carboxylic acid groups (broad SMARTS) is 1. The van der Waals surface area contributed by atoms with Crippen LogP contribution in [0.25, 0.3) is 0 Å². The molecule has 3 N–H and O–H groups in total. The predicted molar refractivity (Wildman–Crippen MR) is 62.7 cm³/mol. The molecule has 0 unspecified atom stereocenters. The Kier molecular flexibility index (Phi) is 7.74. The average molecular weight is 250 g/mol. The normalized spacial score (nSPS) is 11.9. The summed E-state index contributed by atoms with van der Waals surface area (Å²) in [4.78, 5) is 23.6. The van der Waals surface area contributed by atoms with Gasteiger partial charge in [-0.3, -0.25) is 0 Å². The average Bonchev–Trinajstić information content (AvgIpc) is 2.24. The Morgan fingerprint density at radius 3 is 2.56 bits per heavy atom. The quantitative estimate of drug-likeness (QED) is 0.583. The molecule has 0 aromatic rings. The Morgan fingerprint density at radius 2 is 2.12 bits per heavy atom. The highest BCUT2D eigenvalue weighted by molar-refractivity contribution is 7.98. The molecule has 0 aliphatic heterocycles. The minimum absolute atomic E-state index is 0.0114. The summed E-state index contributed by atoms with van der Waals surface area (Å²) in [6.45, 7) is 0.282. The molecule has 0 saturated carbocycles. The van der Waals surface area contributed by atoms with Crippen molar-refractivity contribution in [3.05, 3.63) is 0 Å². The number of urea groups is 1. The predicted octanol–water partition coefficient (Wildman–Crippen LogP) is -0.174. The molecule has 0 bridgehead atoms. The SMILES string of the molecule is CSCCN(C)C(=O)N[C@@H](CCO)C(=O)O. The van der Waals surface area contributed by atoms with Crippen molar-refractivity contribution in [3.8, 4) is 0 Å². The lowest BCUT2D eigenvalue weighted by molar-refractivity contribution is -0.139. The lowest BCUT2D eigenvalue weighted by Crippen LogP contribution is -2.47. The molecule has 2 amide bonds. The summed E-state index contributed by atoms with van der Waals surface area (Å²) in [5.41, 5.74) is 0. The lowest BCUT2D eigenvalue weighted by atomic mass is 10.2. The molecule has 0 heterocycles.